The highest BCUT2D eigenvalue weighted by molar-refractivity contribution is 9.10. The quantitative estimate of drug-likeness (QED) is 0.906. The summed E-state index contributed by atoms with van der Waals surface area (Å²) in [5.41, 5.74) is 1.67. The normalized spacial score (nSPS) is 11.6. The predicted octanol–water partition coefficient (Wildman–Crippen LogP) is 3.83. The lowest BCUT2D eigenvalue weighted by Gasteiger charge is -2.14. The number of halogens is 1. The molecule has 0 aromatic heterocycles. The number of hydrogen-bond donors (Lipinski definition) is 2. The van der Waals surface area contributed by atoms with Gasteiger partial charge in [-0.2, -0.15) is 5.26 Å². The van der Waals surface area contributed by atoms with Crippen molar-refractivity contribution >= 4 is 21.6 Å². The fraction of sp³-hybridized carbons (Fsp3) is 0.0714. The fourth-order valence-electron chi connectivity index (χ4n) is 1.59. The molecule has 0 aliphatic rings. The van der Waals surface area contributed by atoms with Gasteiger partial charge < -0.3 is 10.4 Å². The molecule has 3 nitrogen and oxygen atoms in total. The van der Waals surface area contributed by atoms with Crippen molar-refractivity contribution in [3.63, 3.8) is 0 Å². The van der Waals surface area contributed by atoms with Gasteiger partial charge in [-0.15, -0.1) is 0 Å². The van der Waals surface area contributed by atoms with Gasteiger partial charge in [-0.3, -0.25) is 0 Å². The molecule has 2 aromatic rings. The highest BCUT2D eigenvalue weighted by Crippen LogP contribution is 2.26. The molecule has 2 N–H and O–H groups in total. The Morgan fingerprint density at radius 2 is 1.78 bits per heavy atom. The second-order valence-corrected chi connectivity index (χ2v) is 4.63. The van der Waals surface area contributed by atoms with Crippen LogP contribution >= 0.6 is 15.9 Å². The number of phenols is 1. The second kappa shape index (κ2) is 5.56. The van der Waals surface area contributed by atoms with E-state index in [1.54, 1.807) is 24.3 Å². The summed E-state index contributed by atoms with van der Waals surface area (Å²) < 4.78 is 0.907. The molecule has 0 radical (unpaired) electrons. The Morgan fingerprint density at radius 3 is 2.39 bits per heavy atom. The molecule has 0 bridgehead atoms. The maximum atomic E-state index is 9.23. The lowest BCUT2D eigenvalue weighted by molar-refractivity contribution is 0.475. The number of aromatic hydroxyl groups is 1. The average Bonchev–Trinajstić information content (AvgIpc) is 2.39. The van der Waals surface area contributed by atoms with Crippen LogP contribution in [0.25, 0.3) is 0 Å². The third kappa shape index (κ3) is 2.82. The summed E-state index contributed by atoms with van der Waals surface area (Å²) in [4.78, 5) is 0. The predicted molar refractivity (Wildman–Crippen MR) is 74.2 cm³/mol. The van der Waals surface area contributed by atoms with E-state index in [0.29, 0.717) is 0 Å². The Bertz CT molecular complexity index is 575. The molecule has 0 amide bonds. The van der Waals surface area contributed by atoms with Crippen LogP contribution in [0.3, 0.4) is 0 Å². The van der Waals surface area contributed by atoms with Crippen molar-refractivity contribution in [1.29, 1.82) is 5.26 Å². The monoisotopic (exact) mass is 302 g/mol. The van der Waals surface area contributed by atoms with Crippen molar-refractivity contribution in [3.05, 3.63) is 58.6 Å². The van der Waals surface area contributed by atoms with Crippen LogP contribution in [0, 0.1) is 11.3 Å². The number of anilines is 1. The van der Waals surface area contributed by atoms with Gasteiger partial charge in [-0.25, -0.2) is 0 Å². The average molecular weight is 303 g/mol. The Labute approximate surface area is 114 Å². The van der Waals surface area contributed by atoms with E-state index in [1.165, 1.54) is 0 Å². The highest BCUT2D eigenvalue weighted by Gasteiger charge is 2.11. The Hall–Kier alpha value is -1.99. The van der Waals surface area contributed by atoms with Crippen LogP contribution in [0.2, 0.25) is 0 Å². The maximum Gasteiger partial charge on any atom is 0.140 e. The maximum absolute atomic E-state index is 9.23. The summed E-state index contributed by atoms with van der Waals surface area (Å²) in [6, 6.07) is 16.0. The Kier molecular flexibility index (Phi) is 3.85. The summed E-state index contributed by atoms with van der Waals surface area (Å²) in [6.45, 7) is 0. The van der Waals surface area contributed by atoms with E-state index in [2.05, 4.69) is 27.3 Å². The van der Waals surface area contributed by atoms with Crippen LogP contribution in [-0.2, 0) is 0 Å². The van der Waals surface area contributed by atoms with Crippen LogP contribution in [0.4, 0.5) is 5.69 Å². The number of hydrogen-bond acceptors (Lipinski definition) is 3. The van der Waals surface area contributed by atoms with Crippen molar-refractivity contribution < 1.29 is 5.11 Å². The van der Waals surface area contributed by atoms with Crippen molar-refractivity contribution in [2.75, 3.05) is 5.32 Å². The lowest BCUT2D eigenvalue weighted by atomic mass is 10.1. The van der Waals surface area contributed by atoms with E-state index in [9.17, 15) is 10.4 Å². The van der Waals surface area contributed by atoms with Gasteiger partial charge in [0.05, 0.1) is 6.07 Å². The molecule has 0 saturated heterocycles. The van der Waals surface area contributed by atoms with Gasteiger partial charge in [0.15, 0.2) is 0 Å². The SMILES string of the molecule is N#CC(Nc1ccccc1Br)c1ccc(O)cc1. The Morgan fingerprint density at radius 1 is 1.11 bits per heavy atom. The first-order valence-electron chi connectivity index (χ1n) is 5.40. The third-order valence-electron chi connectivity index (χ3n) is 2.53. The van der Waals surface area contributed by atoms with Gasteiger partial charge in [0.2, 0.25) is 0 Å². The molecule has 0 heterocycles. The van der Waals surface area contributed by atoms with Gasteiger partial charge >= 0.3 is 0 Å². The zero-order chi connectivity index (χ0) is 13.0. The summed E-state index contributed by atoms with van der Waals surface area (Å²) >= 11 is 3.43. The van der Waals surface area contributed by atoms with E-state index in [1.807, 2.05) is 24.3 Å². The molecule has 2 aromatic carbocycles. The van der Waals surface area contributed by atoms with E-state index in [0.717, 1.165) is 15.7 Å². The van der Waals surface area contributed by atoms with Gasteiger partial charge in [-0.1, -0.05) is 24.3 Å². The number of nitrogens with one attached hydrogen (secondary N) is 1. The van der Waals surface area contributed by atoms with Gasteiger partial charge in [0, 0.05) is 10.2 Å². The number of benzene rings is 2. The molecule has 1 atom stereocenters. The molecule has 0 aliphatic carbocycles. The zero-order valence-corrected chi connectivity index (χ0v) is 11.1. The lowest BCUT2D eigenvalue weighted by Crippen LogP contribution is -2.08. The molecule has 0 aliphatic heterocycles. The topological polar surface area (TPSA) is 56.0 Å². The van der Waals surface area contributed by atoms with Crippen LogP contribution in [0.5, 0.6) is 5.75 Å². The minimum Gasteiger partial charge on any atom is -0.508 e. The molecule has 0 fully saturated rings. The van der Waals surface area contributed by atoms with Crippen LogP contribution in [0.15, 0.2) is 53.0 Å². The van der Waals surface area contributed by atoms with Crippen LogP contribution < -0.4 is 5.32 Å². The first kappa shape index (κ1) is 12.5. The molecule has 1 unspecified atom stereocenters. The third-order valence-corrected chi connectivity index (χ3v) is 3.22. The van der Waals surface area contributed by atoms with E-state index in [4.69, 9.17) is 0 Å². The van der Waals surface area contributed by atoms with Crippen molar-refractivity contribution in [2.24, 2.45) is 0 Å². The number of phenolic OH excluding ortho intramolecular Hbond substituents is 1. The van der Waals surface area contributed by atoms with Gasteiger partial charge in [0.1, 0.15) is 11.8 Å². The number of nitriles is 1. The summed E-state index contributed by atoms with van der Waals surface area (Å²) in [5.74, 6) is 0.191. The first-order valence-corrected chi connectivity index (χ1v) is 6.19. The second-order valence-electron chi connectivity index (χ2n) is 3.78. The van der Waals surface area contributed by atoms with Gasteiger partial charge in [-0.05, 0) is 45.8 Å². The molecule has 90 valence electrons. The molecule has 0 spiro atoms. The molecular formula is C14H11BrN2O. The standard InChI is InChI=1S/C14H11BrN2O/c15-12-3-1-2-4-13(12)17-14(9-16)10-5-7-11(18)8-6-10/h1-8,14,17-18H. The van der Waals surface area contributed by atoms with Crippen LogP contribution in [0.1, 0.15) is 11.6 Å². The highest BCUT2D eigenvalue weighted by atomic mass is 79.9. The van der Waals surface area contributed by atoms with Crippen LogP contribution in [-0.4, -0.2) is 5.11 Å². The number of para-hydroxylation sites is 1. The van der Waals surface area contributed by atoms with E-state index in [-0.39, 0.29) is 5.75 Å². The van der Waals surface area contributed by atoms with Crippen molar-refractivity contribution in [1.82, 2.24) is 0 Å². The van der Waals surface area contributed by atoms with Gasteiger partial charge in [0.25, 0.3) is 0 Å². The molecule has 0 saturated carbocycles. The fourth-order valence-corrected chi connectivity index (χ4v) is 1.99. The number of rotatable bonds is 3. The number of nitrogens with zero attached hydrogens (tertiary/aromatic N) is 1. The van der Waals surface area contributed by atoms with E-state index < -0.39 is 6.04 Å². The summed E-state index contributed by atoms with van der Waals surface area (Å²) in [7, 11) is 0. The Balaban J connectivity index is 2.23. The zero-order valence-electron chi connectivity index (χ0n) is 9.47. The molecule has 4 heteroatoms. The summed E-state index contributed by atoms with van der Waals surface area (Å²) in [6.07, 6.45) is 0. The summed E-state index contributed by atoms with van der Waals surface area (Å²) in [5, 5.41) is 21.6. The van der Waals surface area contributed by atoms with E-state index >= 15 is 0 Å². The first-order chi connectivity index (χ1) is 8.70. The molecule has 18 heavy (non-hydrogen) atoms. The van der Waals surface area contributed by atoms with Crippen molar-refractivity contribution in [3.8, 4) is 11.8 Å². The minimum atomic E-state index is -0.454. The molecule has 2 rings (SSSR count). The minimum absolute atomic E-state index is 0.191. The smallest absolute Gasteiger partial charge is 0.140 e. The molecular weight excluding hydrogens is 292 g/mol. The van der Waals surface area contributed by atoms with Crippen molar-refractivity contribution in [2.45, 2.75) is 6.04 Å². The largest absolute Gasteiger partial charge is 0.508 e.